The predicted molar refractivity (Wildman–Crippen MR) is 90.1 cm³/mol. The van der Waals surface area contributed by atoms with Gasteiger partial charge in [0, 0.05) is 11.4 Å². The third kappa shape index (κ3) is 4.23. The van der Waals surface area contributed by atoms with Gasteiger partial charge in [0.1, 0.15) is 0 Å². The number of fused-ring (bicyclic) bond motifs is 1. The maximum absolute atomic E-state index is 3.22. The molecule has 0 saturated carbocycles. The Balaban J connectivity index is 2.01. The summed E-state index contributed by atoms with van der Waals surface area (Å²) in [6.07, 6.45) is 1.22. The minimum absolute atomic E-state index is 0.704. The Bertz CT molecular complexity index is 536. The Morgan fingerprint density at radius 3 is 2.70 bits per heavy atom. The lowest BCUT2D eigenvalue weighted by Gasteiger charge is -2.21. The van der Waals surface area contributed by atoms with Crippen LogP contribution in [0.1, 0.15) is 13.3 Å². The van der Waals surface area contributed by atoms with E-state index >= 15 is 0 Å². The lowest BCUT2D eigenvalue weighted by atomic mass is 10.1. The maximum atomic E-state index is 3.22. The van der Waals surface area contributed by atoms with Gasteiger partial charge in [-0.2, -0.15) is 0 Å². The van der Waals surface area contributed by atoms with E-state index < -0.39 is 0 Å². The van der Waals surface area contributed by atoms with Crippen molar-refractivity contribution in [2.75, 3.05) is 27.2 Å². The topological polar surface area (TPSA) is 15.3 Å². The lowest BCUT2D eigenvalue weighted by molar-refractivity contribution is 0.413. The van der Waals surface area contributed by atoms with Crippen LogP contribution in [-0.2, 0) is 0 Å². The summed E-state index contributed by atoms with van der Waals surface area (Å²) in [6, 6.07) is 15.1. The molecule has 0 spiro atoms. The number of hydrogen-bond acceptors (Lipinski definition) is 3. The molecule has 0 bridgehead atoms. The van der Waals surface area contributed by atoms with Gasteiger partial charge in [-0.25, -0.2) is 4.31 Å². The summed E-state index contributed by atoms with van der Waals surface area (Å²) in [6.45, 7) is 4.51. The third-order valence-electron chi connectivity index (χ3n) is 3.46. The van der Waals surface area contributed by atoms with Gasteiger partial charge in [-0.05, 0) is 61.8 Å². The van der Waals surface area contributed by atoms with Crippen LogP contribution in [0.3, 0.4) is 0 Å². The number of benzene rings is 2. The zero-order valence-corrected chi connectivity index (χ0v) is 13.4. The summed E-state index contributed by atoms with van der Waals surface area (Å²) < 4.78 is 2.35. The van der Waals surface area contributed by atoms with Crippen molar-refractivity contribution >= 4 is 22.7 Å². The van der Waals surface area contributed by atoms with E-state index in [0.717, 1.165) is 13.1 Å². The Morgan fingerprint density at radius 1 is 1.15 bits per heavy atom. The second-order valence-corrected chi connectivity index (χ2v) is 6.62. The van der Waals surface area contributed by atoms with Crippen LogP contribution in [0.5, 0.6) is 0 Å². The molecule has 2 aromatic carbocycles. The van der Waals surface area contributed by atoms with Crippen molar-refractivity contribution in [3.63, 3.8) is 0 Å². The van der Waals surface area contributed by atoms with E-state index in [1.54, 1.807) is 0 Å². The molecular formula is C17H24N2S. The van der Waals surface area contributed by atoms with Crippen LogP contribution >= 0.6 is 11.9 Å². The molecule has 0 fully saturated rings. The van der Waals surface area contributed by atoms with Crippen molar-refractivity contribution in [2.24, 2.45) is 5.92 Å². The van der Waals surface area contributed by atoms with Crippen LogP contribution in [0.15, 0.2) is 47.4 Å². The summed E-state index contributed by atoms with van der Waals surface area (Å²) >= 11 is 1.85. The average Bonchev–Trinajstić information content (AvgIpc) is 2.45. The molecule has 0 aliphatic heterocycles. The fraction of sp³-hybridized carbons (Fsp3) is 0.412. The van der Waals surface area contributed by atoms with Gasteiger partial charge in [0.15, 0.2) is 0 Å². The number of nitrogens with one attached hydrogen (secondary N) is 1. The minimum Gasteiger partial charge on any atom is -0.320 e. The molecule has 2 nitrogen and oxygen atoms in total. The molecule has 0 amide bonds. The molecule has 0 radical (unpaired) electrons. The van der Waals surface area contributed by atoms with E-state index in [1.807, 2.05) is 19.0 Å². The van der Waals surface area contributed by atoms with Crippen molar-refractivity contribution in [1.82, 2.24) is 9.62 Å². The first-order chi connectivity index (χ1) is 9.70. The molecule has 2 rings (SSSR count). The van der Waals surface area contributed by atoms with Crippen molar-refractivity contribution in [1.29, 1.82) is 0 Å². The summed E-state index contributed by atoms with van der Waals surface area (Å²) in [5, 5.41) is 5.88. The van der Waals surface area contributed by atoms with Crippen molar-refractivity contribution in [3.05, 3.63) is 42.5 Å². The zero-order valence-electron chi connectivity index (χ0n) is 12.6. The molecule has 0 heterocycles. The summed E-state index contributed by atoms with van der Waals surface area (Å²) in [4.78, 5) is 1.34. The lowest BCUT2D eigenvalue weighted by Crippen LogP contribution is -2.21. The highest BCUT2D eigenvalue weighted by Gasteiger charge is 2.09. The molecule has 0 saturated heterocycles. The van der Waals surface area contributed by atoms with Gasteiger partial charge in [-0.1, -0.05) is 43.3 Å². The molecule has 20 heavy (non-hydrogen) atoms. The molecule has 1 atom stereocenters. The largest absolute Gasteiger partial charge is 0.320 e. The predicted octanol–water partition coefficient (Wildman–Crippen LogP) is 4.02. The van der Waals surface area contributed by atoms with Crippen LogP contribution < -0.4 is 5.32 Å². The smallest absolute Gasteiger partial charge is 0.0308 e. The average molecular weight is 288 g/mol. The van der Waals surface area contributed by atoms with Gasteiger partial charge in [0.2, 0.25) is 0 Å². The monoisotopic (exact) mass is 288 g/mol. The first-order valence-corrected chi connectivity index (χ1v) is 7.99. The molecule has 1 N–H and O–H groups in total. The van der Waals surface area contributed by atoms with Gasteiger partial charge in [0.25, 0.3) is 0 Å². The Kier molecular flexibility index (Phi) is 5.89. The Hall–Kier alpha value is -1.03. The number of nitrogens with zero attached hydrogens (tertiary/aromatic N) is 1. The second kappa shape index (κ2) is 7.67. The fourth-order valence-corrected chi connectivity index (χ4v) is 3.49. The Morgan fingerprint density at radius 2 is 1.90 bits per heavy atom. The summed E-state index contributed by atoms with van der Waals surface area (Å²) in [7, 11) is 4.20. The van der Waals surface area contributed by atoms with Gasteiger partial charge in [0.05, 0.1) is 0 Å². The molecule has 2 aromatic rings. The third-order valence-corrected chi connectivity index (χ3v) is 4.47. The van der Waals surface area contributed by atoms with Gasteiger partial charge in [-0.15, -0.1) is 0 Å². The minimum atomic E-state index is 0.704. The van der Waals surface area contributed by atoms with E-state index in [0.29, 0.717) is 5.92 Å². The molecule has 0 aliphatic carbocycles. The highest BCUT2D eigenvalue weighted by Crippen LogP contribution is 2.29. The van der Waals surface area contributed by atoms with Crippen LogP contribution in [-0.4, -0.2) is 31.5 Å². The molecule has 1 unspecified atom stereocenters. The first-order valence-electron chi connectivity index (χ1n) is 7.22. The van der Waals surface area contributed by atoms with Gasteiger partial charge < -0.3 is 5.32 Å². The van der Waals surface area contributed by atoms with E-state index in [2.05, 4.69) is 66.1 Å². The Labute approximate surface area is 126 Å². The van der Waals surface area contributed by atoms with Gasteiger partial charge in [-0.3, -0.25) is 0 Å². The van der Waals surface area contributed by atoms with E-state index in [1.165, 1.54) is 22.1 Å². The van der Waals surface area contributed by atoms with Crippen LogP contribution in [0.2, 0.25) is 0 Å². The second-order valence-electron chi connectivity index (χ2n) is 5.38. The van der Waals surface area contributed by atoms with Crippen LogP contribution in [0.4, 0.5) is 0 Å². The highest BCUT2D eigenvalue weighted by atomic mass is 32.2. The summed E-state index contributed by atoms with van der Waals surface area (Å²) in [5.41, 5.74) is 0. The van der Waals surface area contributed by atoms with Crippen molar-refractivity contribution < 1.29 is 0 Å². The van der Waals surface area contributed by atoms with Crippen LogP contribution in [0.25, 0.3) is 10.8 Å². The SMILES string of the molecule is CNCCC(C)CN(C)Sc1cccc2ccccc12. The highest BCUT2D eigenvalue weighted by molar-refractivity contribution is 7.97. The zero-order chi connectivity index (χ0) is 14.4. The first kappa shape index (κ1) is 15.4. The summed E-state index contributed by atoms with van der Waals surface area (Å²) in [5.74, 6) is 0.704. The molecular weight excluding hydrogens is 264 g/mol. The quantitative estimate of drug-likeness (QED) is 0.775. The standard InChI is InChI=1S/C17H24N2S/c1-14(11-12-18-2)13-19(3)20-17-10-6-8-15-7-4-5-9-16(15)17/h4-10,14,18H,11-13H2,1-3H3. The van der Waals surface area contributed by atoms with Crippen LogP contribution in [0, 0.1) is 5.92 Å². The maximum Gasteiger partial charge on any atom is 0.0308 e. The fourth-order valence-electron chi connectivity index (χ4n) is 2.40. The number of hydrogen-bond donors (Lipinski definition) is 1. The normalized spacial score (nSPS) is 13.0. The van der Waals surface area contributed by atoms with Crippen molar-refractivity contribution in [3.8, 4) is 0 Å². The molecule has 0 aliphatic rings. The molecule has 108 valence electrons. The van der Waals surface area contributed by atoms with Crippen molar-refractivity contribution in [2.45, 2.75) is 18.2 Å². The number of rotatable bonds is 7. The van der Waals surface area contributed by atoms with Gasteiger partial charge >= 0.3 is 0 Å². The van der Waals surface area contributed by atoms with E-state index in [4.69, 9.17) is 0 Å². The van der Waals surface area contributed by atoms with E-state index in [-0.39, 0.29) is 0 Å². The molecule has 3 heteroatoms. The molecule has 0 aromatic heterocycles. The van der Waals surface area contributed by atoms with E-state index in [9.17, 15) is 0 Å².